The average molecular weight is 272 g/mol. The molecule has 19 heavy (non-hydrogen) atoms. The number of ether oxygens (including phenoxy) is 1. The Morgan fingerprint density at radius 1 is 1.21 bits per heavy atom. The number of nitrogens with one attached hydrogen (secondary N) is 2. The quantitative estimate of drug-likeness (QED) is 0.689. The van der Waals surface area contributed by atoms with Crippen molar-refractivity contribution in [2.45, 2.75) is 59.0 Å². The maximum absolute atomic E-state index is 11.8. The van der Waals surface area contributed by atoms with Gasteiger partial charge in [-0.1, -0.05) is 13.8 Å². The van der Waals surface area contributed by atoms with Crippen molar-refractivity contribution in [3.8, 4) is 0 Å². The summed E-state index contributed by atoms with van der Waals surface area (Å²) in [5.74, 6) is -0.198. The van der Waals surface area contributed by atoms with Crippen LogP contribution in [0.5, 0.6) is 0 Å². The third kappa shape index (κ3) is 9.47. The fraction of sp³-hybridized carbons (Fsp3) is 0.857. The summed E-state index contributed by atoms with van der Waals surface area (Å²) < 4.78 is 4.70. The first-order valence-electron chi connectivity index (χ1n) is 6.78. The SMILES string of the molecule is COC(=O)[C@H](CC(C)C)NC(=O)CCNC(C)(C)C. The molecule has 1 amide bonds. The predicted molar refractivity (Wildman–Crippen MR) is 75.8 cm³/mol. The van der Waals surface area contributed by atoms with E-state index in [2.05, 4.69) is 10.6 Å². The van der Waals surface area contributed by atoms with Crippen LogP contribution in [0.1, 0.15) is 47.5 Å². The normalized spacial score (nSPS) is 13.2. The minimum Gasteiger partial charge on any atom is -0.467 e. The van der Waals surface area contributed by atoms with Crippen LogP contribution in [0.4, 0.5) is 0 Å². The summed E-state index contributed by atoms with van der Waals surface area (Å²) in [5.41, 5.74) is -0.0139. The highest BCUT2D eigenvalue weighted by atomic mass is 16.5. The van der Waals surface area contributed by atoms with E-state index < -0.39 is 6.04 Å². The van der Waals surface area contributed by atoms with Crippen molar-refractivity contribution in [2.24, 2.45) is 5.92 Å². The van der Waals surface area contributed by atoms with E-state index in [0.717, 1.165) is 0 Å². The van der Waals surface area contributed by atoms with Crippen molar-refractivity contribution in [3.63, 3.8) is 0 Å². The first-order valence-corrected chi connectivity index (χ1v) is 6.78. The molecule has 0 heterocycles. The van der Waals surface area contributed by atoms with E-state index in [-0.39, 0.29) is 17.4 Å². The lowest BCUT2D eigenvalue weighted by Crippen LogP contribution is -2.44. The van der Waals surface area contributed by atoms with Gasteiger partial charge in [0.2, 0.25) is 5.91 Å². The molecule has 0 saturated heterocycles. The zero-order valence-corrected chi connectivity index (χ0v) is 13.0. The molecular weight excluding hydrogens is 244 g/mol. The fourth-order valence-corrected chi connectivity index (χ4v) is 1.65. The van der Waals surface area contributed by atoms with Gasteiger partial charge >= 0.3 is 5.97 Å². The molecule has 1 atom stereocenters. The third-order valence-corrected chi connectivity index (χ3v) is 2.54. The standard InChI is InChI=1S/C14H28N2O3/c1-10(2)9-11(13(18)19-6)16-12(17)7-8-15-14(3,4)5/h10-11,15H,7-9H2,1-6H3,(H,16,17)/t11-/m0/s1. The monoisotopic (exact) mass is 272 g/mol. The lowest BCUT2D eigenvalue weighted by atomic mass is 10.0. The highest BCUT2D eigenvalue weighted by molar-refractivity contribution is 5.84. The number of carbonyl (C=O) groups excluding carboxylic acids is 2. The Kier molecular flexibility index (Phi) is 7.68. The molecule has 0 radical (unpaired) electrons. The number of carbonyl (C=O) groups is 2. The van der Waals surface area contributed by atoms with Crippen molar-refractivity contribution < 1.29 is 14.3 Å². The number of amides is 1. The summed E-state index contributed by atoms with van der Waals surface area (Å²) in [7, 11) is 1.34. The third-order valence-electron chi connectivity index (χ3n) is 2.54. The van der Waals surface area contributed by atoms with Crippen LogP contribution in [0.3, 0.4) is 0 Å². The zero-order valence-electron chi connectivity index (χ0n) is 13.0. The van der Waals surface area contributed by atoms with Gasteiger partial charge in [0.25, 0.3) is 0 Å². The van der Waals surface area contributed by atoms with Gasteiger partial charge in [0.1, 0.15) is 6.04 Å². The second-order valence-corrected chi connectivity index (χ2v) is 6.20. The summed E-state index contributed by atoms with van der Waals surface area (Å²) in [6.45, 7) is 10.7. The average Bonchev–Trinajstić information content (AvgIpc) is 2.24. The van der Waals surface area contributed by atoms with Gasteiger partial charge in [0, 0.05) is 18.5 Å². The smallest absolute Gasteiger partial charge is 0.328 e. The second kappa shape index (κ2) is 8.15. The maximum Gasteiger partial charge on any atom is 0.328 e. The van der Waals surface area contributed by atoms with Crippen molar-refractivity contribution in [3.05, 3.63) is 0 Å². The van der Waals surface area contributed by atoms with Crippen molar-refractivity contribution in [1.29, 1.82) is 0 Å². The van der Waals surface area contributed by atoms with E-state index in [1.165, 1.54) is 7.11 Å². The number of hydrogen-bond donors (Lipinski definition) is 2. The molecule has 0 rings (SSSR count). The molecule has 0 aromatic carbocycles. The topological polar surface area (TPSA) is 67.4 Å². The lowest BCUT2D eigenvalue weighted by molar-refractivity contribution is -0.145. The molecule has 5 heteroatoms. The second-order valence-electron chi connectivity index (χ2n) is 6.20. The Bertz CT molecular complexity index is 296. The van der Waals surface area contributed by atoms with Gasteiger partial charge in [-0.05, 0) is 33.1 Å². The summed E-state index contributed by atoms with van der Waals surface area (Å²) in [6.07, 6.45) is 0.938. The molecule has 0 fully saturated rings. The van der Waals surface area contributed by atoms with E-state index >= 15 is 0 Å². The van der Waals surface area contributed by atoms with E-state index in [1.54, 1.807) is 0 Å². The molecule has 0 bridgehead atoms. The Morgan fingerprint density at radius 2 is 1.79 bits per heavy atom. The Morgan fingerprint density at radius 3 is 2.21 bits per heavy atom. The molecule has 0 aromatic heterocycles. The van der Waals surface area contributed by atoms with Crippen LogP contribution in [0, 0.1) is 5.92 Å². The minimum atomic E-state index is -0.549. The summed E-state index contributed by atoms with van der Waals surface area (Å²) in [6, 6.07) is -0.549. The first kappa shape index (κ1) is 17.9. The summed E-state index contributed by atoms with van der Waals surface area (Å²) in [4.78, 5) is 23.3. The molecule has 0 unspecified atom stereocenters. The first-order chi connectivity index (χ1) is 8.65. The molecule has 0 saturated carbocycles. The van der Waals surface area contributed by atoms with Crippen LogP contribution in [-0.2, 0) is 14.3 Å². The fourth-order valence-electron chi connectivity index (χ4n) is 1.65. The molecular formula is C14H28N2O3. The Balaban J connectivity index is 4.20. The van der Waals surface area contributed by atoms with Crippen LogP contribution < -0.4 is 10.6 Å². The van der Waals surface area contributed by atoms with Gasteiger partial charge in [0.05, 0.1) is 7.11 Å². The number of esters is 1. The van der Waals surface area contributed by atoms with Crippen LogP contribution in [0.15, 0.2) is 0 Å². The van der Waals surface area contributed by atoms with Crippen LogP contribution in [0.25, 0.3) is 0 Å². The van der Waals surface area contributed by atoms with Crippen molar-refractivity contribution in [1.82, 2.24) is 10.6 Å². The van der Waals surface area contributed by atoms with Crippen LogP contribution in [0.2, 0.25) is 0 Å². The van der Waals surface area contributed by atoms with Crippen molar-refractivity contribution >= 4 is 11.9 Å². The van der Waals surface area contributed by atoms with Gasteiger partial charge < -0.3 is 15.4 Å². The number of rotatable bonds is 7. The summed E-state index contributed by atoms with van der Waals surface area (Å²) >= 11 is 0. The number of methoxy groups -OCH3 is 1. The van der Waals surface area contributed by atoms with Crippen LogP contribution >= 0.6 is 0 Å². The van der Waals surface area contributed by atoms with Gasteiger partial charge in [-0.15, -0.1) is 0 Å². The molecule has 0 spiro atoms. The van der Waals surface area contributed by atoms with E-state index in [0.29, 0.717) is 25.3 Å². The maximum atomic E-state index is 11.8. The molecule has 0 aliphatic rings. The Hall–Kier alpha value is -1.10. The van der Waals surface area contributed by atoms with Crippen LogP contribution in [-0.4, -0.2) is 37.1 Å². The zero-order chi connectivity index (χ0) is 15.1. The minimum absolute atomic E-state index is 0.0139. The molecule has 0 aliphatic heterocycles. The molecule has 0 aliphatic carbocycles. The predicted octanol–water partition coefficient (Wildman–Crippen LogP) is 1.47. The largest absolute Gasteiger partial charge is 0.467 e. The van der Waals surface area contributed by atoms with Gasteiger partial charge in [-0.3, -0.25) is 4.79 Å². The highest BCUT2D eigenvalue weighted by Crippen LogP contribution is 2.06. The molecule has 2 N–H and O–H groups in total. The Labute approximate surface area is 116 Å². The summed E-state index contributed by atoms with van der Waals surface area (Å²) in [5, 5.41) is 5.96. The van der Waals surface area contributed by atoms with Gasteiger partial charge in [0.15, 0.2) is 0 Å². The van der Waals surface area contributed by atoms with Gasteiger partial charge in [-0.2, -0.15) is 0 Å². The lowest BCUT2D eigenvalue weighted by Gasteiger charge is -2.21. The molecule has 5 nitrogen and oxygen atoms in total. The van der Waals surface area contributed by atoms with Crippen molar-refractivity contribution in [2.75, 3.05) is 13.7 Å². The van der Waals surface area contributed by atoms with E-state index in [4.69, 9.17) is 4.74 Å². The highest BCUT2D eigenvalue weighted by Gasteiger charge is 2.22. The van der Waals surface area contributed by atoms with E-state index in [9.17, 15) is 9.59 Å². The molecule has 112 valence electrons. The number of hydrogen-bond acceptors (Lipinski definition) is 4. The van der Waals surface area contributed by atoms with Gasteiger partial charge in [-0.25, -0.2) is 4.79 Å². The van der Waals surface area contributed by atoms with E-state index in [1.807, 2.05) is 34.6 Å². The molecule has 0 aromatic rings.